The standard InChI is InChI=1S/C18H19N5O3/c1-11-15(12(2)23(20-11)9-13-7-5-4-6-8-13)19-17(24)16-14(18(25)26)10-22(3)21-16/h4-8,10H,9H2,1-3H3,(H,19,24)(H,25,26). The monoisotopic (exact) mass is 353 g/mol. The van der Waals surface area contributed by atoms with Crippen molar-refractivity contribution in [3.63, 3.8) is 0 Å². The summed E-state index contributed by atoms with van der Waals surface area (Å²) >= 11 is 0. The molecule has 0 saturated carbocycles. The van der Waals surface area contributed by atoms with Crippen LogP contribution in [-0.4, -0.2) is 36.5 Å². The van der Waals surface area contributed by atoms with Gasteiger partial charge in [-0.15, -0.1) is 0 Å². The van der Waals surface area contributed by atoms with Gasteiger partial charge in [0.25, 0.3) is 5.91 Å². The van der Waals surface area contributed by atoms with Crippen molar-refractivity contribution in [1.29, 1.82) is 0 Å². The molecule has 2 aromatic heterocycles. The van der Waals surface area contributed by atoms with Crippen molar-refractivity contribution in [2.24, 2.45) is 7.05 Å². The third-order valence-electron chi connectivity index (χ3n) is 4.07. The van der Waals surface area contributed by atoms with Crippen molar-refractivity contribution in [3.05, 3.63) is 64.7 Å². The molecular weight excluding hydrogens is 334 g/mol. The zero-order valence-electron chi connectivity index (χ0n) is 14.7. The Hall–Kier alpha value is -3.42. The van der Waals surface area contributed by atoms with Gasteiger partial charge in [0.15, 0.2) is 5.69 Å². The molecule has 0 aliphatic heterocycles. The first kappa shape index (κ1) is 17.4. The molecule has 0 aliphatic carbocycles. The number of rotatable bonds is 5. The fraction of sp³-hybridized carbons (Fsp3) is 0.222. The number of nitrogens with one attached hydrogen (secondary N) is 1. The quantitative estimate of drug-likeness (QED) is 0.732. The van der Waals surface area contributed by atoms with Crippen LogP contribution in [0.2, 0.25) is 0 Å². The first-order valence-corrected chi connectivity index (χ1v) is 8.03. The molecule has 0 fully saturated rings. The van der Waals surface area contributed by atoms with E-state index in [1.807, 2.05) is 37.3 Å². The molecule has 2 N–H and O–H groups in total. The molecule has 26 heavy (non-hydrogen) atoms. The number of hydrogen-bond acceptors (Lipinski definition) is 4. The normalized spacial score (nSPS) is 10.7. The van der Waals surface area contributed by atoms with Gasteiger partial charge in [0, 0.05) is 13.2 Å². The fourth-order valence-electron chi connectivity index (χ4n) is 2.77. The van der Waals surface area contributed by atoms with Gasteiger partial charge in [-0.05, 0) is 19.4 Å². The minimum absolute atomic E-state index is 0.130. The molecule has 0 atom stereocenters. The Kier molecular flexibility index (Phi) is 4.57. The van der Waals surface area contributed by atoms with E-state index in [4.69, 9.17) is 0 Å². The van der Waals surface area contributed by atoms with Gasteiger partial charge in [-0.2, -0.15) is 10.2 Å². The number of anilines is 1. The molecule has 134 valence electrons. The highest BCUT2D eigenvalue weighted by molar-refractivity contribution is 6.09. The largest absolute Gasteiger partial charge is 0.478 e. The summed E-state index contributed by atoms with van der Waals surface area (Å²) in [5.41, 5.74) is 2.82. The molecular formula is C18H19N5O3. The van der Waals surface area contributed by atoms with Crippen molar-refractivity contribution < 1.29 is 14.7 Å². The summed E-state index contributed by atoms with van der Waals surface area (Å²) in [5, 5.41) is 20.4. The van der Waals surface area contributed by atoms with Crippen LogP contribution in [0.4, 0.5) is 5.69 Å². The van der Waals surface area contributed by atoms with Gasteiger partial charge >= 0.3 is 5.97 Å². The SMILES string of the molecule is Cc1nn(Cc2ccccc2)c(C)c1NC(=O)c1nn(C)cc1C(=O)O. The first-order chi connectivity index (χ1) is 12.4. The van der Waals surface area contributed by atoms with Crippen molar-refractivity contribution in [2.45, 2.75) is 20.4 Å². The maximum atomic E-state index is 12.5. The highest BCUT2D eigenvalue weighted by atomic mass is 16.4. The van der Waals surface area contributed by atoms with Crippen molar-refractivity contribution in [2.75, 3.05) is 5.32 Å². The van der Waals surface area contributed by atoms with E-state index in [1.165, 1.54) is 10.9 Å². The molecule has 8 nitrogen and oxygen atoms in total. The van der Waals surface area contributed by atoms with Crippen LogP contribution in [-0.2, 0) is 13.6 Å². The molecule has 0 bridgehead atoms. The van der Waals surface area contributed by atoms with Crippen LogP contribution in [0.3, 0.4) is 0 Å². The number of carboxylic acid groups (broad SMARTS) is 1. The number of carbonyl (C=O) groups is 2. The molecule has 1 amide bonds. The Morgan fingerprint density at radius 3 is 2.50 bits per heavy atom. The predicted molar refractivity (Wildman–Crippen MR) is 95.4 cm³/mol. The van der Waals surface area contributed by atoms with Crippen LogP contribution in [0.25, 0.3) is 0 Å². The van der Waals surface area contributed by atoms with Gasteiger partial charge < -0.3 is 10.4 Å². The van der Waals surface area contributed by atoms with E-state index in [9.17, 15) is 14.7 Å². The number of amides is 1. The molecule has 3 aromatic rings. The number of aromatic nitrogens is 4. The second-order valence-electron chi connectivity index (χ2n) is 6.01. The summed E-state index contributed by atoms with van der Waals surface area (Å²) in [4.78, 5) is 23.8. The van der Waals surface area contributed by atoms with Gasteiger partial charge in [0.2, 0.25) is 0 Å². The van der Waals surface area contributed by atoms with E-state index in [0.717, 1.165) is 11.3 Å². The van der Waals surface area contributed by atoms with Crippen LogP contribution < -0.4 is 5.32 Å². The van der Waals surface area contributed by atoms with E-state index < -0.39 is 11.9 Å². The van der Waals surface area contributed by atoms with Crippen LogP contribution in [0.5, 0.6) is 0 Å². The molecule has 0 aliphatic rings. The van der Waals surface area contributed by atoms with E-state index in [-0.39, 0.29) is 11.3 Å². The topological polar surface area (TPSA) is 102 Å². The summed E-state index contributed by atoms with van der Waals surface area (Å²) in [6.45, 7) is 4.23. The fourth-order valence-corrected chi connectivity index (χ4v) is 2.77. The Labute approximate surface area is 150 Å². The lowest BCUT2D eigenvalue weighted by atomic mass is 10.2. The molecule has 0 unspecified atom stereocenters. The molecule has 0 saturated heterocycles. The van der Waals surface area contributed by atoms with Crippen LogP contribution >= 0.6 is 0 Å². The highest BCUT2D eigenvalue weighted by Crippen LogP contribution is 2.21. The molecule has 0 radical (unpaired) electrons. The maximum Gasteiger partial charge on any atom is 0.339 e. The smallest absolute Gasteiger partial charge is 0.339 e. The molecule has 0 spiro atoms. The summed E-state index contributed by atoms with van der Waals surface area (Å²) in [6, 6.07) is 9.86. The van der Waals surface area contributed by atoms with Crippen LogP contribution in [0.15, 0.2) is 36.5 Å². The third kappa shape index (κ3) is 3.34. The zero-order chi connectivity index (χ0) is 18.8. The number of carboxylic acids is 1. The number of aromatic carboxylic acids is 1. The summed E-state index contributed by atoms with van der Waals surface area (Å²) in [6.07, 6.45) is 1.30. The van der Waals surface area contributed by atoms with Crippen molar-refractivity contribution >= 4 is 17.6 Å². The summed E-state index contributed by atoms with van der Waals surface area (Å²) in [5.74, 6) is -1.77. The molecule has 3 rings (SSSR count). The van der Waals surface area contributed by atoms with E-state index in [0.29, 0.717) is 17.9 Å². The lowest BCUT2D eigenvalue weighted by Crippen LogP contribution is -2.17. The van der Waals surface area contributed by atoms with E-state index in [1.54, 1.807) is 18.7 Å². The Morgan fingerprint density at radius 1 is 1.15 bits per heavy atom. The van der Waals surface area contributed by atoms with Gasteiger partial charge in [-0.3, -0.25) is 14.2 Å². The average molecular weight is 353 g/mol. The second kappa shape index (κ2) is 6.83. The minimum atomic E-state index is -1.20. The molecule has 1 aromatic carbocycles. The Bertz CT molecular complexity index is 972. The van der Waals surface area contributed by atoms with E-state index >= 15 is 0 Å². The van der Waals surface area contributed by atoms with Crippen molar-refractivity contribution in [1.82, 2.24) is 19.6 Å². The number of benzene rings is 1. The zero-order valence-corrected chi connectivity index (χ0v) is 14.7. The first-order valence-electron chi connectivity index (χ1n) is 8.03. The summed E-state index contributed by atoms with van der Waals surface area (Å²) in [7, 11) is 1.57. The minimum Gasteiger partial charge on any atom is -0.478 e. The number of hydrogen-bond donors (Lipinski definition) is 2. The van der Waals surface area contributed by atoms with Crippen LogP contribution in [0, 0.1) is 13.8 Å². The maximum absolute atomic E-state index is 12.5. The lowest BCUT2D eigenvalue weighted by molar-refractivity contribution is 0.0692. The average Bonchev–Trinajstić information content (AvgIpc) is 3.11. The third-order valence-corrected chi connectivity index (χ3v) is 4.07. The molecule has 8 heteroatoms. The van der Waals surface area contributed by atoms with Gasteiger partial charge in [-0.1, -0.05) is 30.3 Å². The van der Waals surface area contributed by atoms with Crippen LogP contribution in [0.1, 0.15) is 37.8 Å². The predicted octanol–water partition coefficient (Wildman–Crippen LogP) is 2.23. The number of aryl methyl sites for hydroxylation is 2. The van der Waals surface area contributed by atoms with Gasteiger partial charge in [0.05, 0.1) is 23.6 Å². The van der Waals surface area contributed by atoms with Gasteiger partial charge in [0.1, 0.15) is 5.56 Å². The second-order valence-corrected chi connectivity index (χ2v) is 6.01. The Balaban J connectivity index is 1.87. The Morgan fingerprint density at radius 2 is 1.85 bits per heavy atom. The van der Waals surface area contributed by atoms with E-state index in [2.05, 4.69) is 15.5 Å². The number of nitrogens with zero attached hydrogens (tertiary/aromatic N) is 4. The highest BCUT2D eigenvalue weighted by Gasteiger charge is 2.23. The summed E-state index contributed by atoms with van der Waals surface area (Å²) < 4.78 is 3.10. The van der Waals surface area contributed by atoms with Gasteiger partial charge in [-0.25, -0.2) is 4.79 Å². The lowest BCUT2D eigenvalue weighted by Gasteiger charge is -2.07. The van der Waals surface area contributed by atoms with Crippen molar-refractivity contribution in [3.8, 4) is 0 Å². The number of carbonyl (C=O) groups excluding carboxylic acids is 1. The molecule has 2 heterocycles.